The standard InChI is InChI=1S/C49H34N2/c1-49(2)43-23-10-9-20-42(43)47-40(22-12-24-44(47)49)38-27-28-41(37-19-8-7-18-36(37)38)48-50-45(34-26-25-31-13-3-4-15-33(31)29-34)30-46(51-48)39-21-11-16-32-14-5-6-17-35(32)39/h3-30H,1-2H3. The van der Waals surface area contributed by atoms with Gasteiger partial charge in [0.25, 0.3) is 0 Å². The Morgan fingerprint density at radius 3 is 1.82 bits per heavy atom. The van der Waals surface area contributed by atoms with Gasteiger partial charge >= 0.3 is 0 Å². The lowest BCUT2D eigenvalue weighted by Crippen LogP contribution is -2.14. The summed E-state index contributed by atoms with van der Waals surface area (Å²) in [5.74, 6) is 0.719. The topological polar surface area (TPSA) is 25.8 Å². The minimum Gasteiger partial charge on any atom is -0.228 e. The van der Waals surface area contributed by atoms with Gasteiger partial charge < -0.3 is 0 Å². The molecule has 0 spiro atoms. The Bertz CT molecular complexity index is 2840. The maximum Gasteiger partial charge on any atom is 0.161 e. The van der Waals surface area contributed by atoms with E-state index in [0.29, 0.717) is 0 Å². The molecule has 1 aromatic heterocycles. The van der Waals surface area contributed by atoms with E-state index in [2.05, 4.69) is 184 Å². The lowest BCUT2D eigenvalue weighted by Gasteiger charge is -2.21. The summed E-state index contributed by atoms with van der Waals surface area (Å²) >= 11 is 0. The van der Waals surface area contributed by atoms with Crippen LogP contribution in [-0.2, 0) is 5.41 Å². The molecule has 0 atom stereocenters. The van der Waals surface area contributed by atoms with Crippen molar-refractivity contribution in [2.24, 2.45) is 0 Å². The second-order valence-electron chi connectivity index (χ2n) is 14.2. The summed E-state index contributed by atoms with van der Waals surface area (Å²) in [7, 11) is 0. The highest BCUT2D eigenvalue weighted by molar-refractivity contribution is 6.08. The van der Waals surface area contributed by atoms with Crippen molar-refractivity contribution in [1.82, 2.24) is 9.97 Å². The van der Waals surface area contributed by atoms with Crippen molar-refractivity contribution in [2.45, 2.75) is 19.3 Å². The van der Waals surface area contributed by atoms with Gasteiger partial charge in [0.05, 0.1) is 11.4 Å². The first kappa shape index (κ1) is 29.5. The SMILES string of the molecule is CC1(C)c2ccccc2-c2c(-c3ccc(-c4nc(-c5ccc6ccccc6c5)cc(-c5cccc6ccccc56)n4)c4ccccc34)cccc21. The maximum absolute atomic E-state index is 5.36. The molecule has 0 unspecified atom stereocenters. The summed E-state index contributed by atoms with van der Waals surface area (Å²) in [5.41, 5.74) is 12.8. The lowest BCUT2D eigenvalue weighted by molar-refractivity contribution is 0.660. The third kappa shape index (κ3) is 4.64. The molecule has 2 nitrogen and oxygen atoms in total. The fraction of sp³-hybridized carbons (Fsp3) is 0.0612. The molecule has 9 aromatic rings. The summed E-state index contributed by atoms with van der Waals surface area (Å²) in [4.78, 5) is 10.7. The number of benzene rings is 8. The Kier molecular flexibility index (Phi) is 6.56. The molecular weight excluding hydrogens is 617 g/mol. The number of nitrogens with zero attached hydrogens (tertiary/aromatic N) is 2. The van der Waals surface area contributed by atoms with Crippen molar-refractivity contribution in [3.63, 3.8) is 0 Å². The molecule has 8 aromatic carbocycles. The Morgan fingerprint density at radius 2 is 0.961 bits per heavy atom. The van der Waals surface area contributed by atoms with Crippen molar-refractivity contribution >= 4 is 32.3 Å². The molecule has 10 rings (SSSR count). The number of hydrogen-bond donors (Lipinski definition) is 0. The lowest BCUT2D eigenvalue weighted by atomic mass is 9.81. The van der Waals surface area contributed by atoms with Crippen LogP contribution in [-0.4, -0.2) is 9.97 Å². The molecule has 1 heterocycles. The molecule has 0 aliphatic heterocycles. The third-order valence-electron chi connectivity index (χ3n) is 10.9. The average Bonchev–Trinajstić information content (AvgIpc) is 3.43. The molecule has 1 aliphatic rings. The normalized spacial score (nSPS) is 13.1. The first-order chi connectivity index (χ1) is 25.0. The van der Waals surface area contributed by atoms with Gasteiger partial charge in [-0.2, -0.15) is 0 Å². The molecule has 0 saturated carbocycles. The van der Waals surface area contributed by atoms with E-state index in [1.807, 2.05) is 0 Å². The van der Waals surface area contributed by atoms with Gasteiger partial charge in [-0.3, -0.25) is 0 Å². The molecule has 0 N–H and O–H groups in total. The largest absolute Gasteiger partial charge is 0.228 e. The van der Waals surface area contributed by atoms with Crippen molar-refractivity contribution < 1.29 is 0 Å². The van der Waals surface area contributed by atoms with E-state index in [-0.39, 0.29) is 5.41 Å². The molecule has 0 bridgehead atoms. The summed E-state index contributed by atoms with van der Waals surface area (Å²) in [6, 6.07) is 61.2. The second-order valence-corrected chi connectivity index (χ2v) is 14.2. The highest BCUT2D eigenvalue weighted by Gasteiger charge is 2.36. The fourth-order valence-electron chi connectivity index (χ4n) is 8.36. The van der Waals surface area contributed by atoms with Crippen LogP contribution in [0.4, 0.5) is 0 Å². The van der Waals surface area contributed by atoms with Crippen LogP contribution in [0, 0.1) is 0 Å². The molecule has 1 aliphatic carbocycles. The second kappa shape index (κ2) is 11.3. The van der Waals surface area contributed by atoms with E-state index in [1.165, 1.54) is 60.3 Å². The zero-order chi connectivity index (χ0) is 34.1. The molecule has 2 heteroatoms. The predicted octanol–water partition coefficient (Wildman–Crippen LogP) is 12.9. The highest BCUT2D eigenvalue weighted by atomic mass is 14.9. The number of hydrogen-bond acceptors (Lipinski definition) is 2. The van der Waals surface area contributed by atoms with Gasteiger partial charge in [0, 0.05) is 22.1 Å². The highest BCUT2D eigenvalue weighted by Crippen LogP contribution is 2.53. The first-order valence-electron chi connectivity index (χ1n) is 17.7. The molecule has 240 valence electrons. The smallest absolute Gasteiger partial charge is 0.161 e. The molecule has 0 amide bonds. The van der Waals surface area contributed by atoms with Crippen LogP contribution in [0.1, 0.15) is 25.0 Å². The Morgan fingerprint density at radius 1 is 0.373 bits per heavy atom. The van der Waals surface area contributed by atoms with Crippen LogP contribution in [0.3, 0.4) is 0 Å². The number of rotatable bonds is 4. The molecule has 0 radical (unpaired) electrons. The van der Waals surface area contributed by atoms with E-state index in [1.54, 1.807) is 0 Å². The molecular formula is C49H34N2. The van der Waals surface area contributed by atoms with Gasteiger partial charge in [0.2, 0.25) is 0 Å². The van der Waals surface area contributed by atoms with Gasteiger partial charge in [0.15, 0.2) is 5.82 Å². The average molecular weight is 651 g/mol. The summed E-state index contributed by atoms with van der Waals surface area (Å²) < 4.78 is 0. The van der Waals surface area contributed by atoms with Gasteiger partial charge in [-0.05, 0) is 83.9 Å². The van der Waals surface area contributed by atoms with E-state index in [4.69, 9.17) is 9.97 Å². The van der Waals surface area contributed by atoms with E-state index in [9.17, 15) is 0 Å². The van der Waals surface area contributed by atoms with Crippen molar-refractivity contribution in [1.29, 1.82) is 0 Å². The zero-order valence-electron chi connectivity index (χ0n) is 28.6. The summed E-state index contributed by atoms with van der Waals surface area (Å²) in [5, 5.41) is 7.10. The maximum atomic E-state index is 5.36. The van der Waals surface area contributed by atoms with Crippen LogP contribution in [0.25, 0.3) is 88.5 Å². The van der Waals surface area contributed by atoms with Crippen LogP contribution < -0.4 is 0 Å². The predicted molar refractivity (Wildman–Crippen MR) is 214 cm³/mol. The number of aromatic nitrogens is 2. The van der Waals surface area contributed by atoms with Gasteiger partial charge in [-0.15, -0.1) is 0 Å². The molecule has 0 fully saturated rings. The molecule has 51 heavy (non-hydrogen) atoms. The van der Waals surface area contributed by atoms with Crippen molar-refractivity contribution in [3.8, 4) is 56.2 Å². The Hall–Kier alpha value is -6.38. The van der Waals surface area contributed by atoms with Crippen LogP contribution in [0.2, 0.25) is 0 Å². The van der Waals surface area contributed by atoms with Crippen molar-refractivity contribution in [3.05, 3.63) is 181 Å². The summed E-state index contributed by atoms with van der Waals surface area (Å²) in [6.07, 6.45) is 0. The number of fused-ring (bicyclic) bond motifs is 6. The Balaban J connectivity index is 1.21. The minimum atomic E-state index is -0.0628. The van der Waals surface area contributed by atoms with Crippen LogP contribution >= 0.6 is 0 Å². The van der Waals surface area contributed by atoms with E-state index < -0.39 is 0 Å². The zero-order valence-corrected chi connectivity index (χ0v) is 28.6. The van der Waals surface area contributed by atoms with Gasteiger partial charge in [-0.1, -0.05) is 166 Å². The quantitative estimate of drug-likeness (QED) is 0.189. The van der Waals surface area contributed by atoms with Crippen molar-refractivity contribution in [2.75, 3.05) is 0 Å². The monoisotopic (exact) mass is 650 g/mol. The Labute approximate surface area is 297 Å². The fourth-order valence-corrected chi connectivity index (χ4v) is 8.36. The van der Waals surface area contributed by atoms with Gasteiger partial charge in [-0.25, -0.2) is 9.97 Å². The third-order valence-corrected chi connectivity index (χ3v) is 10.9. The summed E-state index contributed by atoms with van der Waals surface area (Å²) in [6.45, 7) is 4.69. The minimum absolute atomic E-state index is 0.0628. The van der Waals surface area contributed by atoms with Crippen LogP contribution in [0.15, 0.2) is 170 Å². The van der Waals surface area contributed by atoms with E-state index in [0.717, 1.165) is 39.3 Å². The van der Waals surface area contributed by atoms with E-state index >= 15 is 0 Å². The molecule has 0 saturated heterocycles. The van der Waals surface area contributed by atoms with Crippen LogP contribution in [0.5, 0.6) is 0 Å². The van der Waals surface area contributed by atoms with Gasteiger partial charge in [0.1, 0.15) is 0 Å². The first-order valence-corrected chi connectivity index (χ1v) is 17.7.